The second-order valence-corrected chi connectivity index (χ2v) is 11.5. The summed E-state index contributed by atoms with van der Waals surface area (Å²) in [5, 5.41) is 19.8. The number of hydrogen-bond acceptors (Lipinski definition) is 6. The number of benzene rings is 1. The van der Waals surface area contributed by atoms with Crippen LogP contribution in [0.2, 0.25) is 0 Å². The molecule has 3 N–H and O–H groups in total. The van der Waals surface area contributed by atoms with E-state index in [1.165, 1.54) is 31.0 Å². The van der Waals surface area contributed by atoms with Gasteiger partial charge in [-0.3, -0.25) is 19.4 Å². The average molecular weight is 599 g/mol. The number of piperidine rings is 1. The van der Waals surface area contributed by atoms with Gasteiger partial charge in [0.1, 0.15) is 22.7 Å². The van der Waals surface area contributed by atoms with Crippen LogP contribution < -0.4 is 10.6 Å². The number of carbonyl (C=O) groups is 4. The van der Waals surface area contributed by atoms with Crippen LogP contribution in [0, 0.1) is 5.41 Å². The number of amides is 4. The molecule has 1 aromatic heterocycles. The summed E-state index contributed by atoms with van der Waals surface area (Å²) in [6, 6.07) is 12.7. The van der Waals surface area contributed by atoms with E-state index in [1.54, 1.807) is 18.0 Å². The van der Waals surface area contributed by atoms with Gasteiger partial charge in [0.25, 0.3) is 12.3 Å². The Kier molecular flexibility index (Phi) is 9.41. The van der Waals surface area contributed by atoms with Crippen LogP contribution in [0.25, 0.3) is 0 Å². The van der Waals surface area contributed by atoms with Crippen LogP contribution in [0.3, 0.4) is 0 Å². The molecule has 3 heterocycles. The van der Waals surface area contributed by atoms with Gasteiger partial charge in [0, 0.05) is 32.3 Å². The van der Waals surface area contributed by atoms with Gasteiger partial charge < -0.3 is 20.6 Å². The molecule has 2 aliphatic heterocycles. The van der Waals surface area contributed by atoms with Gasteiger partial charge >= 0.3 is 6.09 Å². The van der Waals surface area contributed by atoms with Crippen molar-refractivity contribution in [3.8, 4) is 0 Å². The first-order valence-corrected chi connectivity index (χ1v) is 14.1. The van der Waals surface area contributed by atoms with Gasteiger partial charge in [-0.2, -0.15) is 5.10 Å². The molecule has 13 heteroatoms. The van der Waals surface area contributed by atoms with E-state index in [4.69, 9.17) is 0 Å². The standard InChI is InChI=1S/C30H36F2N6O5/c1-29(2,35-28(42)43)26(40)34-22(14-8-12-20-11-7-13-21(33-20)24(31)32)25(39)38-16-15-23-30(18-38,27(41)37(3)36-23)17-19-9-5-4-6-10-19/h4-7,9-11,13,22,24,35H,8,12,14-18H2,1-3H3,(H,34,40)(H,42,43). The van der Waals surface area contributed by atoms with Crippen molar-refractivity contribution < 1.29 is 33.1 Å². The third-order valence-corrected chi connectivity index (χ3v) is 7.83. The van der Waals surface area contributed by atoms with Gasteiger partial charge in [-0.25, -0.2) is 18.6 Å². The maximum Gasteiger partial charge on any atom is 0.405 e. The van der Waals surface area contributed by atoms with Crippen LogP contribution in [0.5, 0.6) is 0 Å². The van der Waals surface area contributed by atoms with Crippen molar-refractivity contribution in [2.24, 2.45) is 10.5 Å². The Bertz CT molecular complexity index is 1400. The summed E-state index contributed by atoms with van der Waals surface area (Å²) in [5.41, 5.74) is -0.910. The fourth-order valence-corrected chi connectivity index (χ4v) is 5.60. The first-order valence-electron chi connectivity index (χ1n) is 14.1. The number of rotatable bonds is 11. The minimum Gasteiger partial charge on any atom is -0.465 e. The van der Waals surface area contributed by atoms with Crippen LogP contribution in [0.4, 0.5) is 13.6 Å². The number of carbonyl (C=O) groups excluding carboxylic acids is 3. The second kappa shape index (κ2) is 12.8. The molecule has 0 aliphatic carbocycles. The Morgan fingerprint density at radius 1 is 1.12 bits per heavy atom. The number of aromatic nitrogens is 1. The average Bonchev–Trinajstić information content (AvgIpc) is 3.20. The molecule has 2 unspecified atom stereocenters. The van der Waals surface area contributed by atoms with E-state index in [0.29, 0.717) is 30.7 Å². The van der Waals surface area contributed by atoms with Gasteiger partial charge in [0.05, 0.1) is 5.71 Å². The molecule has 0 saturated carbocycles. The van der Waals surface area contributed by atoms with Crippen LogP contribution in [0.15, 0.2) is 53.6 Å². The first-order chi connectivity index (χ1) is 20.3. The number of carboxylic acid groups (broad SMARTS) is 1. The number of pyridine rings is 1. The molecule has 2 aliphatic rings. The van der Waals surface area contributed by atoms with Crippen molar-refractivity contribution >= 4 is 29.5 Å². The lowest BCUT2D eigenvalue weighted by Gasteiger charge is -2.41. The summed E-state index contributed by atoms with van der Waals surface area (Å²) in [7, 11) is 1.59. The summed E-state index contributed by atoms with van der Waals surface area (Å²) in [5.74, 6) is -1.36. The molecule has 0 spiro atoms. The quantitative estimate of drug-likeness (QED) is 0.363. The van der Waals surface area contributed by atoms with Crippen molar-refractivity contribution in [3.63, 3.8) is 0 Å². The van der Waals surface area contributed by atoms with Gasteiger partial charge in [0.15, 0.2) is 0 Å². The van der Waals surface area contributed by atoms with Gasteiger partial charge in [0.2, 0.25) is 11.8 Å². The van der Waals surface area contributed by atoms with Crippen LogP contribution in [0.1, 0.15) is 56.5 Å². The molecule has 230 valence electrons. The summed E-state index contributed by atoms with van der Waals surface area (Å²) in [4.78, 5) is 57.5. The van der Waals surface area contributed by atoms with Crippen LogP contribution in [-0.4, -0.2) is 81.2 Å². The molecular formula is C30H36F2N6O5. The molecule has 1 saturated heterocycles. The van der Waals surface area contributed by atoms with E-state index in [9.17, 15) is 33.1 Å². The largest absolute Gasteiger partial charge is 0.465 e. The zero-order valence-corrected chi connectivity index (χ0v) is 24.3. The monoisotopic (exact) mass is 598 g/mol. The van der Waals surface area contributed by atoms with E-state index in [1.807, 2.05) is 30.3 Å². The minimum absolute atomic E-state index is 0.0594. The third-order valence-electron chi connectivity index (χ3n) is 7.83. The topological polar surface area (TPSA) is 144 Å². The first kappa shape index (κ1) is 31.5. The Labute approximate surface area is 248 Å². The van der Waals surface area contributed by atoms with Crippen molar-refractivity contribution in [2.45, 2.75) is 64.0 Å². The summed E-state index contributed by atoms with van der Waals surface area (Å²) in [6.45, 7) is 3.09. The number of nitrogens with one attached hydrogen (secondary N) is 2. The lowest BCUT2D eigenvalue weighted by Crippen LogP contribution is -2.61. The Morgan fingerprint density at radius 2 is 1.84 bits per heavy atom. The number of alkyl halides is 2. The van der Waals surface area contributed by atoms with Crippen molar-refractivity contribution in [1.29, 1.82) is 0 Å². The Hall–Kier alpha value is -4.42. The van der Waals surface area contributed by atoms with Gasteiger partial charge in [-0.05, 0) is 57.2 Å². The maximum atomic E-state index is 14.0. The molecule has 4 amide bonds. The van der Waals surface area contributed by atoms with Crippen molar-refractivity contribution in [1.82, 2.24) is 25.5 Å². The minimum atomic E-state index is -2.72. The van der Waals surface area contributed by atoms with Crippen LogP contribution in [-0.2, 0) is 27.2 Å². The molecule has 43 heavy (non-hydrogen) atoms. The molecule has 1 aromatic carbocycles. The number of likely N-dealkylation sites (tertiary alicyclic amines) is 1. The summed E-state index contributed by atoms with van der Waals surface area (Å²) < 4.78 is 26.2. The zero-order valence-electron chi connectivity index (χ0n) is 24.3. The van der Waals surface area contributed by atoms with Crippen molar-refractivity contribution in [3.05, 3.63) is 65.5 Å². The normalized spacial score (nSPS) is 19.1. The third kappa shape index (κ3) is 7.15. The van der Waals surface area contributed by atoms with E-state index in [2.05, 4.69) is 20.7 Å². The Morgan fingerprint density at radius 3 is 2.51 bits per heavy atom. The highest BCUT2D eigenvalue weighted by atomic mass is 19.3. The van der Waals surface area contributed by atoms with E-state index >= 15 is 0 Å². The molecular weight excluding hydrogens is 562 g/mol. The number of aryl methyl sites for hydroxylation is 1. The number of hydrogen-bond donors (Lipinski definition) is 3. The predicted octanol–water partition coefficient (Wildman–Crippen LogP) is 3.16. The van der Waals surface area contributed by atoms with E-state index in [-0.39, 0.29) is 37.5 Å². The van der Waals surface area contributed by atoms with Gasteiger partial charge in [-0.1, -0.05) is 36.4 Å². The Balaban J connectivity index is 1.56. The number of hydrazone groups is 1. The molecule has 11 nitrogen and oxygen atoms in total. The zero-order chi connectivity index (χ0) is 31.4. The lowest BCUT2D eigenvalue weighted by molar-refractivity contribution is -0.142. The highest BCUT2D eigenvalue weighted by molar-refractivity contribution is 6.13. The number of halogens is 2. The molecule has 0 bridgehead atoms. The van der Waals surface area contributed by atoms with E-state index in [0.717, 1.165) is 5.56 Å². The van der Waals surface area contributed by atoms with Crippen molar-refractivity contribution in [2.75, 3.05) is 20.1 Å². The SMILES string of the molecule is CN1N=C2CCN(C(=O)C(CCCc3cccc(C(F)F)n3)NC(=O)C(C)(C)NC(=O)O)CC2(Cc2ccccc2)C1=O. The predicted molar refractivity (Wildman–Crippen MR) is 153 cm³/mol. The maximum absolute atomic E-state index is 14.0. The van der Waals surface area contributed by atoms with E-state index < -0.39 is 41.3 Å². The highest BCUT2D eigenvalue weighted by Gasteiger charge is 2.54. The van der Waals surface area contributed by atoms with Gasteiger partial charge in [-0.15, -0.1) is 0 Å². The lowest BCUT2D eigenvalue weighted by atomic mass is 9.73. The number of nitrogens with zero attached hydrogens (tertiary/aromatic N) is 4. The molecule has 1 fully saturated rings. The summed E-state index contributed by atoms with van der Waals surface area (Å²) in [6.07, 6.45) is -2.68. The molecule has 2 atom stereocenters. The fourth-order valence-electron chi connectivity index (χ4n) is 5.60. The molecule has 2 aromatic rings. The number of fused-ring (bicyclic) bond motifs is 1. The molecule has 0 radical (unpaired) electrons. The summed E-state index contributed by atoms with van der Waals surface area (Å²) >= 11 is 0. The highest BCUT2D eigenvalue weighted by Crippen LogP contribution is 2.38. The smallest absolute Gasteiger partial charge is 0.405 e. The molecule has 4 rings (SSSR count). The second-order valence-electron chi connectivity index (χ2n) is 11.5. The fraction of sp³-hybridized carbons (Fsp3) is 0.467. The van der Waals surface area contributed by atoms with Crippen LogP contribution >= 0.6 is 0 Å².